The van der Waals surface area contributed by atoms with E-state index in [-0.39, 0.29) is 16.4 Å². The van der Waals surface area contributed by atoms with Crippen molar-refractivity contribution >= 4 is 15.9 Å². The van der Waals surface area contributed by atoms with Crippen LogP contribution in [0.15, 0.2) is 47.4 Å². The number of halogens is 1. The van der Waals surface area contributed by atoms with Gasteiger partial charge in [-0.25, -0.2) is 12.8 Å². The van der Waals surface area contributed by atoms with Crippen molar-refractivity contribution in [2.45, 2.75) is 17.9 Å². The van der Waals surface area contributed by atoms with E-state index in [9.17, 15) is 17.6 Å². The maximum atomic E-state index is 13.6. The summed E-state index contributed by atoms with van der Waals surface area (Å²) in [5.74, 6) is -0.997. The van der Waals surface area contributed by atoms with Crippen LogP contribution in [-0.4, -0.2) is 34.6 Å². The van der Waals surface area contributed by atoms with Gasteiger partial charge in [0.25, 0.3) is 15.9 Å². The largest absolute Gasteiger partial charge is 0.493 e. The predicted octanol–water partition coefficient (Wildman–Crippen LogP) is 1.62. The van der Waals surface area contributed by atoms with Crippen molar-refractivity contribution in [3.63, 3.8) is 0 Å². The molecule has 0 bridgehead atoms. The molecule has 0 unspecified atom stereocenters. The molecule has 0 saturated heterocycles. The SMILES string of the molecule is COc1ccc(S(=O)(=O)NNC(=O)[C@@H](C)Oc2ccccc2F)cc1OC. The van der Waals surface area contributed by atoms with Crippen molar-refractivity contribution in [3.8, 4) is 17.2 Å². The predicted molar refractivity (Wildman–Crippen MR) is 94.5 cm³/mol. The van der Waals surface area contributed by atoms with E-state index in [0.717, 1.165) is 0 Å². The van der Waals surface area contributed by atoms with Crippen LogP contribution in [0, 0.1) is 5.82 Å². The number of carbonyl (C=O) groups excluding carboxylic acids is 1. The normalized spacial score (nSPS) is 12.1. The van der Waals surface area contributed by atoms with Gasteiger partial charge in [-0.3, -0.25) is 10.2 Å². The first kappa shape index (κ1) is 20.5. The van der Waals surface area contributed by atoms with Gasteiger partial charge < -0.3 is 14.2 Å². The zero-order valence-corrected chi connectivity index (χ0v) is 15.7. The van der Waals surface area contributed by atoms with Gasteiger partial charge in [0.2, 0.25) is 0 Å². The number of amides is 1. The van der Waals surface area contributed by atoms with Gasteiger partial charge in [0, 0.05) is 6.07 Å². The number of hydrazine groups is 1. The van der Waals surface area contributed by atoms with Gasteiger partial charge in [-0.2, -0.15) is 0 Å². The zero-order chi connectivity index (χ0) is 20.0. The Morgan fingerprint density at radius 3 is 2.33 bits per heavy atom. The zero-order valence-electron chi connectivity index (χ0n) is 14.9. The fourth-order valence-corrected chi connectivity index (χ4v) is 2.91. The lowest BCUT2D eigenvalue weighted by molar-refractivity contribution is -0.127. The lowest BCUT2D eigenvalue weighted by Gasteiger charge is -2.16. The monoisotopic (exact) mass is 398 g/mol. The molecule has 0 aromatic heterocycles. The minimum atomic E-state index is -4.07. The van der Waals surface area contributed by atoms with Gasteiger partial charge in [0.1, 0.15) is 0 Å². The molecule has 2 N–H and O–H groups in total. The minimum Gasteiger partial charge on any atom is -0.493 e. The summed E-state index contributed by atoms with van der Waals surface area (Å²) in [6.07, 6.45) is -1.14. The van der Waals surface area contributed by atoms with Crippen LogP contribution in [0.4, 0.5) is 4.39 Å². The molecule has 27 heavy (non-hydrogen) atoms. The van der Waals surface area contributed by atoms with Crippen molar-refractivity contribution in [2.24, 2.45) is 0 Å². The first-order valence-corrected chi connectivity index (χ1v) is 9.21. The van der Waals surface area contributed by atoms with E-state index in [1.807, 2.05) is 10.3 Å². The van der Waals surface area contributed by atoms with Crippen LogP contribution < -0.4 is 24.5 Å². The summed E-state index contributed by atoms with van der Waals surface area (Å²) >= 11 is 0. The maximum Gasteiger partial charge on any atom is 0.275 e. The summed E-state index contributed by atoms with van der Waals surface area (Å²) in [6.45, 7) is 1.35. The highest BCUT2D eigenvalue weighted by atomic mass is 32.2. The lowest BCUT2D eigenvalue weighted by Crippen LogP contribution is -2.47. The molecule has 0 saturated carbocycles. The second-order valence-corrected chi connectivity index (χ2v) is 6.98. The fraction of sp³-hybridized carbons (Fsp3) is 0.235. The smallest absolute Gasteiger partial charge is 0.275 e. The van der Waals surface area contributed by atoms with Gasteiger partial charge in [-0.05, 0) is 31.2 Å². The highest BCUT2D eigenvalue weighted by Gasteiger charge is 2.21. The highest BCUT2D eigenvalue weighted by molar-refractivity contribution is 7.89. The summed E-state index contributed by atoms with van der Waals surface area (Å²) in [5, 5.41) is 0. The van der Waals surface area contributed by atoms with Crippen molar-refractivity contribution in [1.82, 2.24) is 10.3 Å². The third kappa shape index (κ3) is 5.08. The van der Waals surface area contributed by atoms with Gasteiger partial charge in [-0.1, -0.05) is 12.1 Å². The van der Waals surface area contributed by atoms with E-state index in [1.165, 1.54) is 57.5 Å². The van der Waals surface area contributed by atoms with Gasteiger partial charge in [0.05, 0.1) is 19.1 Å². The molecule has 1 atom stereocenters. The number of ether oxygens (including phenoxy) is 3. The Kier molecular flexibility index (Phi) is 6.59. The Morgan fingerprint density at radius 1 is 1.04 bits per heavy atom. The average Bonchev–Trinajstić information content (AvgIpc) is 2.67. The van der Waals surface area contributed by atoms with Crippen molar-refractivity contribution in [3.05, 3.63) is 48.3 Å². The molecule has 0 spiro atoms. The Labute approximate surface area is 156 Å². The molecular formula is C17H19FN2O6S. The standard InChI is InChI=1S/C17H19FN2O6S/c1-11(26-14-7-5-4-6-13(14)18)17(21)19-20-27(22,23)12-8-9-15(24-2)16(10-12)25-3/h4-11,20H,1-3H3,(H,19,21)/t11-/m1/s1. The summed E-state index contributed by atoms with van der Waals surface area (Å²) < 4.78 is 53.5. The van der Waals surface area contributed by atoms with Crippen LogP contribution in [0.3, 0.4) is 0 Å². The number of methoxy groups -OCH3 is 2. The highest BCUT2D eigenvalue weighted by Crippen LogP contribution is 2.29. The first-order valence-electron chi connectivity index (χ1n) is 7.73. The van der Waals surface area contributed by atoms with E-state index in [4.69, 9.17) is 14.2 Å². The second kappa shape index (κ2) is 8.69. The van der Waals surface area contributed by atoms with E-state index in [2.05, 4.69) is 0 Å². The van der Waals surface area contributed by atoms with Gasteiger partial charge in [-0.15, -0.1) is 4.83 Å². The molecule has 0 aliphatic carbocycles. The number of rotatable bonds is 8. The molecule has 1 amide bonds. The molecule has 2 rings (SSSR count). The van der Waals surface area contributed by atoms with Crippen molar-refractivity contribution in [2.75, 3.05) is 14.2 Å². The van der Waals surface area contributed by atoms with Gasteiger partial charge >= 0.3 is 0 Å². The molecule has 0 aliphatic rings. The second-order valence-electron chi connectivity index (χ2n) is 5.30. The quantitative estimate of drug-likeness (QED) is 0.655. The number of benzene rings is 2. The third-order valence-corrected chi connectivity index (χ3v) is 4.73. The van der Waals surface area contributed by atoms with E-state index in [1.54, 1.807) is 6.07 Å². The molecule has 0 heterocycles. The molecule has 2 aromatic carbocycles. The van der Waals surface area contributed by atoms with E-state index < -0.39 is 27.9 Å². The molecular weight excluding hydrogens is 379 g/mol. The molecule has 8 nitrogen and oxygen atoms in total. The number of para-hydroxylation sites is 1. The summed E-state index contributed by atoms with van der Waals surface area (Å²) in [6, 6.07) is 9.50. The van der Waals surface area contributed by atoms with Crippen LogP contribution in [-0.2, 0) is 14.8 Å². The molecule has 0 radical (unpaired) electrons. The van der Waals surface area contributed by atoms with Crippen LogP contribution >= 0.6 is 0 Å². The number of hydrogen-bond donors (Lipinski definition) is 2. The summed E-state index contributed by atoms with van der Waals surface area (Å²) in [5.41, 5.74) is 2.03. The topological polar surface area (TPSA) is 103 Å². The lowest BCUT2D eigenvalue weighted by atomic mass is 10.3. The van der Waals surface area contributed by atoms with Crippen LogP contribution in [0.2, 0.25) is 0 Å². The summed E-state index contributed by atoms with van der Waals surface area (Å²) in [4.78, 5) is 13.8. The molecule has 146 valence electrons. The first-order chi connectivity index (χ1) is 12.8. The number of nitrogens with one attached hydrogen (secondary N) is 2. The Hall–Kier alpha value is -2.85. The third-order valence-electron chi connectivity index (χ3n) is 3.48. The van der Waals surface area contributed by atoms with E-state index >= 15 is 0 Å². The van der Waals surface area contributed by atoms with E-state index in [0.29, 0.717) is 5.75 Å². The van der Waals surface area contributed by atoms with Crippen molar-refractivity contribution in [1.29, 1.82) is 0 Å². The average molecular weight is 398 g/mol. The molecule has 0 aliphatic heterocycles. The molecule has 2 aromatic rings. The Balaban J connectivity index is 2.04. The number of sulfonamides is 1. The minimum absolute atomic E-state index is 0.122. The Bertz CT molecular complexity index is 919. The van der Waals surface area contributed by atoms with Crippen LogP contribution in [0.1, 0.15) is 6.92 Å². The van der Waals surface area contributed by atoms with Gasteiger partial charge in [0.15, 0.2) is 29.2 Å². The maximum absolute atomic E-state index is 13.6. The summed E-state index contributed by atoms with van der Waals surface area (Å²) in [7, 11) is -1.29. The van der Waals surface area contributed by atoms with Crippen LogP contribution in [0.5, 0.6) is 17.2 Å². The molecule has 10 heteroatoms. The number of hydrogen-bond acceptors (Lipinski definition) is 6. The number of carbonyl (C=O) groups is 1. The Morgan fingerprint density at radius 2 is 1.70 bits per heavy atom. The van der Waals surface area contributed by atoms with Crippen molar-refractivity contribution < 1.29 is 31.8 Å². The van der Waals surface area contributed by atoms with Crippen LogP contribution in [0.25, 0.3) is 0 Å². The fourth-order valence-electron chi connectivity index (χ4n) is 2.05. The molecule has 0 fully saturated rings.